The van der Waals surface area contributed by atoms with Crippen molar-refractivity contribution in [2.75, 3.05) is 0 Å². The van der Waals surface area contributed by atoms with Crippen LogP contribution >= 0.6 is 0 Å². The fraction of sp³-hybridized carbons (Fsp3) is 0.0351. The predicted molar refractivity (Wildman–Crippen MR) is 251 cm³/mol. The first kappa shape index (κ1) is 35.0. The van der Waals surface area contributed by atoms with Gasteiger partial charge in [0.2, 0.25) is 0 Å². The molecule has 0 radical (unpaired) electrons. The zero-order valence-electron chi connectivity index (χ0n) is 33.5. The SMILES string of the molecule is C=C(/C=C\c1c(C)n(-c2ccc3ccccc3c2)c2cc3c(cc12)C1(c2ccccc2-c2ccccc21)c1ccccc1-3)c1nc(-c2ccccc2)nc(-c2ccccc2)n1. The topological polar surface area (TPSA) is 43.6 Å². The van der Waals surface area contributed by atoms with Gasteiger partial charge in [0, 0.05) is 39.0 Å². The minimum absolute atomic E-state index is 0.455. The number of rotatable bonds is 6. The van der Waals surface area contributed by atoms with Gasteiger partial charge in [-0.25, -0.2) is 15.0 Å². The van der Waals surface area contributed by atoms with Gasteiger partial charge in [-0.1, -0.05) is 183 Å². The Morgan fingerprint density at radius 2 is 1.03 bits per heavy atom. The zero-order chi connectivity index (χ0) is 40.7. The normalized spacial score (nSPS) is 13.1. The van der Waals surface area contributed by atoms with Crippen LogP contribution in [0.15, 0.2) is 201 Å². The van der Waals surface area contributed by atoms with E-state index in [-0.39, 0.29) is 0 Å². The van der Waals surface area contributed by atoms with Crippen LogP contribution in [0.2, 0.25) is 0 Å². The lowest BCUT2D eigenvalue weighted by Gasteiger charge is -2.30. The summed E-state index contributed by atoms with van der Waals surface area (Å²) in [4.78, 5) is 14.9. The van der Waals surface area contributed by atoms with Gasteiger partial charge < -0.3 is 4.57 Å². The maximum absolute atomic E-state index is 4.99. The van der Waals surface area contributed by atoms with Gasteiger partial charge in [0.15, 0.2) is 17.5 Å². The summed E-state index contributed by atoms with van der Waals surface area (Å²) >= 11 is 0. The van der Waals surface area contributed by atoms with Gasteiger partial charge in [0.05, 0.1) is 10.9 Å². The summed E-state index contributed by atoms with van der Waals surface area (Å²) < 4.78 is 2.43. The average Bonchev–Trinajstić information content (AvgIpc) is 3.90. The number of hydrogen-bond acceptors (Lipinski definition) is 3. The standard InChI is InChI=1S/C57H38N4/c1-36(54-58-55(39-18-5-3-6-19-39)60-56(59-54)40-20-7-4-8-21-40)29-32-43-37(2)61(42-31-30-38-17-9-10-22-41(38)33-42)53-35-47-46-25-13-16-28-51(46)57(52(47)34-48(43)53)49-26-14-11-23-44(49)45-24-12-15-27-50(45)57/h3-35H,1H2,2H3/b32-29-. The van der Waals surface area contributed by atoms with Gasteiger partial charge in [-0.15, -0.1) is 0 Å². The van der Waals surface area contributed by atoms with Crippen LogP contribution in [0.25, 0.3) is 84.0 Å². The molecule has 0 bridgehead atoms. The predicted octanol–water partition coefficient (Wildman–Crippen LogP) is 13.7. The maximum atomic E-state index is 4.99. The van der Waals surface area contributed by atoms with Gasteiger partial charge in [-0.05, 0) is 86.5 Å². The fourth-order valence-corrected chi connectivity index (χ4v) is 10.1. The molecule has 0 saturated heterocycles. The molecule has 0 N–H and O–H groups in total. The molecular formula is C57H38N4. The molecule has 0 fully saturated rings. The Morgan fingerprint density at radius 3 is 1.64 bits per heavy atom. The van der Waals surface area contributed by atoms with E-state index in [4.69, 9.17) is 15.0 Å². The molecule has 0 amide bonds. The van der Waals surface area contributed by atoms with Crippen molar-refractivity contribution < 1.29 is 0 Å². The van der Waals surface area contributed by atoms with Crippen LogP contribution in [0.4, 0.5) is 0 Å². The number of allylic oxidation sites excluding steroid dienone is 2. The third-order valence-corrected chi connectivity index (χ3v) is 12.8. The molecule has 1 spiro atoms. The number of aromatic nitrogens is 4. The van der Waals surface area contributed by atoms with Crippen molar-refractivity contribution in [3.8, 4) is 50.7 Å². The second-order valence-electron chi connectivity index (χ2n) is 16.1. The first-order chi connectivity index (χ1) is 30.1. The highest BCUT2D eigenvalue weighted by Gasteiger charge is 2.51. The molecule has 2 aliphatic rings. The van der Waals surface area contributed by atoms with Crippen LogP contribution in [-0.2, 0) is 5.41 Å². The lowest BCUT2D eigenvalue weighted by molar-refractivity contribution is 0.795. The van der Waals surface area contributed by atoms with Crippen LogP contribution in [0.3, 0.4) is 0 Å². The summed E-state index contributed by atoms with van der Waals surface area (Å²) in [6, 6.07) is 67.4. The molecular weight excluding hydrogens is 741 g/mol. The number of fused-ring (bicyclic) bond motifs is 12. The minimum Gasteiger partial charge on any atom is -0.313 e. The van der Waals surface area contributed by atoms with E-state index in [1.807, 2.05) is 60.7 Å². The van der Waals surface area contributed by atoms with Crippen molar-refractivity contribution in [1.29, 1.82) is 0 Å². The highest BCUT2D eigenvalue weighted by Crippen LogP contribution is 2.63. The van der Waals surface area contributed by atoms with E-state index in [0.29, 0.717) is 23.0 Å². The zero-order valence-corrected chi connectivity index (χ0v) is 33.5. The van der Waals surface area contributed by atoms with Crippen molar-refractivity contribution in [2.45, 2.75) is 12.3 Å². The van der Waals surface area contributed by atoms with Gasteiger partial charge in [-0.2, -0.15) is 0 Å². The monoisotopic (exact) mass is 778 g/mol. The quantitative estimate of drug-likeness (QED) is 0.158. The van der Waals surface area contributed by atoms with E-state index >= 15 is 0 Å². The molecule has 8 aromatic carbocycles. The summed E-state index contributed by atoms with van der Waals surface area (Å²) in [5.41, 5.74) is 17.1. The van der Waals surface area contributed by atoms with E-state index in [1.165, 1.54) is 60.7 Å². The highest BCUT2D eigenvalue weighted by molar-refractivity contribution is 6.03. The highest BCUT2D eigenvalue weighted by atomic mass is 15.0. The third kappa shape index (κ3) is 5.22. The summed E-state index contributed by atoms with van der Waals surface area (Å²) in [6.45, 7) is 6.80. The molecule has 0 saturated carbocycles. The largest absolute Gasteiger partial charge is 0.313 e. The van der Waals surface area contributed by atoms with Crippen LogP contribution in [0.5, 0.6) is 0 Å². The Kier molecular flexibility index (Phi) is 7.78. The molecule has 2 aliphatic carbocycles. The van der Waals surface area contributed by atoms with E-state index in [0.717, 1.165) is 33.6 Å². The maximum Gasteiger partial charge on any atom is 0.164 e. The summed E-state index contributed by atoms with van der Waals surface area (Å²) in [6.07, 6.45) is 4.28. The molecule has 2 heterocycles. The average molecular weight is 779 g/mol. The lowest BCUT2D eigenvalue weighted by Crippen LogP contribution is -2.25. The van der Waals surface area contributed by atoms with Gasteiger partial charge in [0.1, 0.15) is 0 Å². The first-order valence-corrected chi connectivity index (χ1v) is 20.8. The van der Waals surface area contributed by atoms with Crippen molar-refractivity contribution in [3.05, 3.63) is 240 Å². The molecule has 61 heavy (non-hydrogen) atoms. The van der Waals surface area contributed by atoms with Crippen molar-refractivity contribution in [1.82, 2.24) is 19.5 Å². The summed E-state index contributed by atoms with van der Waals surface area (Å²) in [5.74, 6) is 1.76. The van der Waals surface area contributed by atoms with Crippen LogP contribution in [0.1, 0.15) is 39.3 Å². The molecule has 4 heteroatoms. The van der Waals surface area contributed by atoms with Gasteiger partial charge in [-0.3, -0.25) is 0 Å². The second-order valence-corrected chi connectivity index (χ2v) is 16.1. The molecule has 12 rings (SSSR count). The molecule has 0 aliphatic heterocycles. The second kappa shape index (κ2) is 13.6. The van der Waals surface area contributed by atoms with E-state index in [9.17, 15) is 0 Å². The Bertz CT molecular complexity index is 3340. The lowest BCUT2D eigenvalue weighted by atomic mass is 9.70. The Labute approximate surface area is 354 Å². The molecule has 0 atom stereocenters. The number of hydrogen-bond donors (Lipinski definition) is 0. The molecule has 4 nitrogen and oxygen atoms in total. The van der Waals surface area contributed by atoms with E-state index in [1.54, 1.807) is 0 Å². The van der Waals surface area contributed by atoms with Gasteiger partial charge >= 0.3 is 0 Å². The number of nitrogens with zero attached hydrogens (tertiary/aromatic N) is 4. The summed E-state index contributed by atoms with van der Waals surface area (Å²) in [5, 5.41) is 3.59. The molecule has 0 unspecified atom stereocenters. The Hall–Kier alpha value is -7.95. The van der Waals surface area contributed by atoms with E-state index < -0.39 is 5.41 Å². The Balaban J connectivity index is 1.09. The van der Waals surface area contributed by atoms with Crippen molar-refractivity contribution in [3.63, 3.8) is 0 Å². The van der Waals surface area contributed by atoms with E-state index in [2.05, 4.69) is 158 Å². The first-order valence-electron chi connectivity index (χ1n) is 20.8. The molecule has 286 valence electrons. The third-order valence-electron chi connectivity index (χ3n) is 12.8. The van der Waals surface area contributed by atoms with Crippen LogP contribution in [-0.4, -0.2) is 19.5 Å². The summed E-state index contributed by atoms with van der Waals surface area (Å²) in [7, 11) is 0. The van der Waals surface area contributed by atoms with Crippen LogP contribution < -0.4 is 0 Å². The van der Waals surface area contributed by atoms with Crippen molar-refractivity contribution in [2.24, 2.45) is 0 Å². The van der Waals surface area contributed by atoms with Crippen LogP contribution in [0, 0.1) is 6.92 Å². The molecule has 10 aromatic rings. The smallest absolute Gasteiger partial charge is 0.164 e. The number of benzene rings is 8. The Morgan fingerprint density at radius 1 is 0.508 bits per heavy atom. The van der Waals surface area contributed by atoms with Crippen molar-refractivity contribution >= 4 is 33.3 Å². The fourth-order valence-electron chi connectivity index (χ4n) is 10.1. The minimum atomic E-state index is -0.455. The van der Waals surface area contributed by atoms with Gasteiger partial charge in [0.25, 0.3) is 0 Å². The molecule has 2 aromatic heterocycles.